The van der Waals surface area contributed by atoms with Crippen molar-refractivity contribution in [2.45, 2.75) is 39.0 Å². The van der Waals surface area contributed by atoms with Crippen LogP contribution in [0.4, 0.5) is 0 Å². The first-order valence-corrected chi connectivity index (χ1v) is 8.01. The highest BCUT2D eigenvalue weighted by atomic mass is 35.5. The number of carbonyl (C=O) groups is 1. The highest BCUT2D eigenvalue weighted by molar-refractivity contribution is 6.35. The van der Waals surface area contributed by atoms with Gasteiger partial charge in [0.15, 0.2) is 0 Å². The molecular formula is C16H21Cl2NO. The third-order valence-electron chi connectivity index (χ3n) is 4.16. The number of carbonyl (C=O) groups excluding carboxylic acids is 1. The lowest BCUT2D eigenvalue weighted by molar-refractivity contribution is -0.129. The van der Waals surface area contributed by atoms with Crippen molar-refractivity contribution in [3.05, 3.63) is 33.8 Å². The fourth-order valence-corrected chi connectivity index (χ4v) is 3.54. The van der Waals surface area contributed by atoms with Crippen LogP contribution in [0.1, 0.15) is 38.2 Å². The zero-order chi connectivity index (χ0) is 14.6. The van der Waals surface area contributed by atoms with Crippen molar-refractivity contribution >= 4 is 29.0 Å². The molecule has 1 heterocycles. The fourth-order valence-electron chi connectivity index (χ4n) is 3.06. The van der Waals surface area contributed by atoms with E-state index >= 15 is 0 Å². The van der Waals surface area contributed by atoms with Crippen LogP contribution in [0.2, 0.25) is 10.0 Å². The second-order valence-electron chi connectivity index (χ2n) is 5.65. The van der Waals surface area contributed by atoms with E-state index in [1.165, 1.54) is 0 Å². The van der Waals surface area contributed by atoms with E-state index in [-0.39, 0.29) is 5.41 Å². The molecule has 0 spiro atoms. The van der Waals surface area contributed by atoms with Gasteiger partial charge in [0.1, 0.15) is 5.78 Å². The van der Waals surface area contributed by atoms with Gasteiger partial charge in [0.25, 0.3) is 0 Å². The lowest BCUT2D eigenvalue weighted by Crippen LogP contribution is -2.46. The Hall–Kier alpha value is -0.570. The van der Waals surface area contributed by atoms with Crippen LogP contribution in [0.25, 0.3) is 0 Å². The van der Waals surface area contributed by atoms with Gasteiger partial charge in [0.05, 0.1) is 0 Å². The molecule has 4 heteroatoms. The van der Waals surface area contributed by atoms with E-state index in [0.29, 0.717) is 22.2 Å². The number of nitrogens with one attached hydrogen (secondary N) is 1. The van der Waals surface area contributed by atoms with Crippen LogP contribution in [0.5, 0.6) is 0 Å². The number of hydrogen-bond acceptors (Lipinski definition) is 2. The molecule has 1 atom stereocenters. The summed E-state index contributed by atoms with van der Waals surface area (Å²) in [6, 6.07) is 5.36. The van der Waals surface area contributed by atoms with Crippen LogP contribution in [0.3, 0.4) is 0 Å². The number of Topliss-reactive ketones (excluding diaryl/α,β-unsaturated/α-hetero) is 1. The minimum atomic E-state index is -0.212. The van der Waals surface area contributed by atoms with Crippen molar-refractivity contribution in [3.63, 3.8) is 0 Å². The molecule has 2 nitrogen and oxygen atoms in total. The van der Waals surface area contributed by atoms with Crippen molar-refractivity contribution in [3.8, 4) is 0 Å². The molecule has 110 valence electrons. The van der Waals surface area contributed by atoms with Crippen LogP contribution in [-0.4, -0.2) is 18.9 Å². The van der Waals surface area contributed by atoms with Crippen LogP contribution in [0, 0.1) is 5.41 Å². The Bertz CT molecular complexity index is 476. The van der Waals surface area contributed by atoms with E-state index in [1.54, 1.807) is 12.1 Å². The molecule has 1 aromatic rings. The van der Waals surface area contributed by atoms with E-state index in [9.17, 15) is 4.79 Å². The smallest absolute Gasteiger partial charge is 0.144 e. The molecule has 0 bridgehead atoms. The quantitative estimate of drug-likeness (QED) is 0.879. The second kappa shape index (κ2) is 6.93. The molecule has 1 fully saturated rings. The summed E-state index contributed by atoms with van der Waals surface area (Å²) in [5.41, 5.74) is 0.665. The molecule has 1 N–H and O–H groups in total. The maximum atomic E-state index is 12.8. The molecule has 1 aromatic carbocycles. The lowest BCUT2D eigenvalue weighted by atomic mass is 9.72. The molecule has 0 aliphatic carbocycles. The Morgan fingerprint density at radius 3 is 2.80 bits per heavy atom. The summed E-state index contributed by atoms with van der Waals surface area (Å²) in [5, 5.41) is 4.57. The maximum Gasteiger partial charge on any atom is 0.144 e. The van der Waals surface area contributed by atoms with Gasteiger partial charge >= 0.3 is 0 Å². The number of ketones is 1. The van der Waals surface area contributed by atoms with Crippen molar-refractivity contribution < 1.29 is 4.79 Å². The molecule has 2 rings (SSSR count). The number of piperidine rings is 1. The van der Waals surface area contributed by atoms with Crippen molar-refractivity contribution in [2.24, 2.45) is 5.41 Å². The summed E-state index contributed by atoms with van der Waals surface area (Å²) in [6.45, 7) is 3.95. The molecule has 0 radical (unpaired) electrons. The number of hydrogen-bond donors (Lipinski definition) is 1. The van der Waals surface area contributed by atoms with Crippen molar-refractivity contribution in [2.75, 3.05) is 13.1 Å². The first-order chi connectivity index (χ1) is 9.57. The Labute approximate surface area is 130 Å². The molecular weight excluding hydrogens is 293 g/mol. The normalized spacial score (nSPS) is 22.8. The highest BCUT2D eigenvalue weighted by Crippen LogP contribution is 2.34. The third-order valence-corrected chi connectivity index (χ3v) is 4.75. The van der Waals surface area contributed by atoms with Gasteiger partial charge in [-0.15, -0.1) is 0 Å². The van der Waals surface area contributed by atoms with Gasteiger partial charge < -0.3 is 5.32 Å². The maximum absolute atomic E-state index is 12.8. The monoisotopic (exact) mass is 313 g/mol. The lowest BCUT2D eigenvalue weighted by Gasteiger charge is -2.36. The molecule has 1 saturated heterocycles. The summed E-state index contributed by atoms with van der Waals surface area (Å²) in [4.78, 5) is 12.8. The van der Waals surface area contributed by atoms with E-state index in [1.807, 2.05) is 6.07 Å². The molecule has 1 aliphatic heterocycles. The Morgan fingerprint density at radius 1 is 1.40 bits per heavy atom. The molecule has 20 heavy (non-hydrogen) atoms. The Balaban J connectivity index is 2.15. The molecule has 0 amide bonds. The predicted molar refractivity (Wildman–Crippen MR) is 84.6 cm³/mol. The van der Waals surface area contributed by atoms with Gasteiger partial charge in [-0.25, -0.2) is 0 Å². The van der Waals surface area contributed by atoms with Crippen LogP contribution in [-0.2, 0) is 11.2 Å². The Morgan fingerprint density at radius 2 is 2.20 bits per heavy atom. The number of halogens is 2. The van der Waals surface area contributed by atoms with Gasteiger partial charge in [-0.05, 0) is 43.5 Å². The zero-order valence-electron chi connectivity index (χ0n) is 11.8. The Kier molecular flexibility index (Phi) is 5.48. The summed E-state index contributed by atoms with van der Waals surface area (Å²) in [6.07, 6.45) is 4.43. The average Bonchev–Trinajstić information content (AvgIpc) is 2.43. The first kappa shape index (κ1) is 15.8. The van der Waals surface area contributed by atoms with Gasteiger partial charge in [-0.2, -0.15) is 0 Å². The molecule has 0 aromatic heterocycles. The van der Waals surface area contributed by atoms with Crippen LogP contribution in [0.15, 0.2) is 18.2 Å². The largest absolute Gasteiger partial charge is 0.316 e. The van der Waals surface area contributed by atoms with E-state index in [0.717, 1.165) is 44.3 Å². The summed E-state index contributed by atoms with van der Waals surface area (Å²) in [7, 11) is 0. The average molecular weight is 314 g/mol. The van der Waals surface area contributed by atoms with E-state index < -0.39 is 0 Å². The van der Waals surface area contributed by atoms with Crippen LogP contribution < -0.4 is 5.32 Å². The fraction of sp³-hybridized carbons (Fsp3) is 0.562. The number of rotatable bonds is 5. The summed E-state index contributed by atoms with van der Waals surface area (Å²) in [5.74, 6) is 0.302. The van der Waals surface area contributed by atoms with Gasteiger partial charge in [-0.1, -0.05) is 42.6 Å². The van der Waals surface area contributed by atoms with Crippen LogP contribution >= 0.6 is 23.2 Å². The molecule has 1 aliphatic rings. The standard InChI is InChI=1S/C16H21Cl2NO/c1-2-6-16(7-3-8-19-11-16)15(20)9-12-4-5-13(17)10-14(12)18/h4-5,10,19H,2-3,6-9,11H2,1H3. The zero-order valence-corrected chi connectivity index (χ0v) is 13.4. The summed E-state index contributed by atoms with van der Waals surface area (Å²) >= 11 is 12.1. The molecule has 1 unspecified atom stereocenters. The van der Waals surface area contributed by atoms with Gasteiger partial charge in [0.2, 0.25) is 0 Å². The third kappa shape index (κ3) is 3.55. The summed E-state index contributed by atoms with van der Waals surface area (Å²) < 4.78 is 0. The minimum Gasteiger partial charge on any atom is -0.316 e. The van der Waals surface area contributed by atoms with Gasteiger partial charge in [0, 0.05) is 28.4 Å². The van der Waals surface area contributed by atoms with E-state index in [4.69, 9.17) is 23.2 Å². The van der Waals surface area contributed by atoms with Crippen molar-refractivity contribution in [1.82, 2.24) is 5.32 Å². The number of benzene rings is 1. The van der Waals surface area contributed by atoms with Gasteiger partial charge in [-0.3, -0.25) is 4.79 Å². The van der Waals surface area contributed by atoms with Crippen molar-refractivity contribution in [1.29, 1.82) is 0 Å². The topological polar surface area (TPSA) is 29.1 Å². The molecule has 0 saturated carbocycles. The SMILES string of the molecule is CCCC1(C(=O)Cc2ccc(Cl)cc2Cl)CCCNC1. The second-order valence-corrected chi connectivity index (χ2v) is 6.49. The minimum absolute atomic E-state index is 0.212. The first-order valence-electron chi connectivity index (χ1n) is 7.25. The van der Waals surface area contributed by atoms with E-state index in [2.05, 4.69) is 12.2 Å². The predicted octanol–water partition coefficient (Wildman–Crippen LogP) is 4.27. The highest BCUT2D eigenvalue weighted by Gasteiger charge is 2.38.